The van der Waals surface area contributed by atoms with Crippen LogP contribution >= 0.6 is 11.6 Å². The van der Waals surface area contributed by atoms with Gasteiger partial charge in [0.2, 0.25) is 17.8 Å². The number of hydrogen-bond donors (Lipinski definition) is 2. The fraction of sp³-hybridized carbons (Fsp3) is 0.286. The number of likely N-dealkylation sites (N-methyl/N-ethyl adjacent to an activating group) is 1. The molecule has 2 aromatic heterocycles. The van der Waals surface area contributed by atoms with E-state index in [1.807, 2.05) is 0 Å². The third-order valence-corrected chi connectivity index (χ3v) is 3.92. The minimum atomic E-state index is -0.957. The van der Waals surface area contributed by atoms with Crippen LogP contribution in [0.25, 0.3) is 0 Å². The van der Waals surface area contributed by atoms with Crippen molar-refractivity contribution in [3.05, 3.63) is 41.1 Å². The van der Waals surface area contributed by atoms with Gasteiger partial charge < -0.3 is 10.2 Å². The van der Waals surface area contributed by atoms with Crippen molar-refractivity contribution in [2.75, 3.05) is 18.9 Å². The minimum absolute atomic E-state index is 0.0544. The summed E-state index contributed by atoms with van der Waals surface area (Å²) in [5, 5.41) is 9.28. The van der Waals surface area contributed by atoms with Gasteiger partial charge >= 0.3 is 0 Å². The molecule has 3 rings (SSSR count). The number of pyridine rings is 1. The van der Waals surface area contributed by atoms with Gasteiger partial charge in [-0.2, -0.15) is 9.49 Å². The quantitative estimate of drug-likeness (QED) is 0.654. The van der Waals surface area contributed by atoms with Crippen LogP contribution in [0, 0.1) is 11.9 Å². The van der Waals surface area contributed by atoms with E-state index in [2.05, 4.69) is 20.5 Å². The van der Waals surface area contributed by atoms with E-state index in [-0.39, 0.29) is 16.9 Å². The number of aromatic nitrogens is 3. The van der Waals surface area contributed by atoms with Crippen molar-refractivity contribution < 1.29 is 14.0 Å². The summed E-state index contributed by atoms with van der Waals surface area (Å²) in [5.41, 5.74) is 0.597. The highest BCUT2D eigenvalue weighted by atomic mass is 35.5. The van der Waals surface area contributed by atoms with Gasteiger partial charge in [0.25, 0.3) is 0 Å². The summed E-state index contributed by atoms with van der Waals surface area (Å²) in [6.07, 6.45) is 0. The number of carbonyl (C=O) groups is 2. The summed E-state index contributed by atoms with van der Waals surface area (Å²) in [6.45, 7) is 0.353. The first kappa shape index (κ1) is 15.4. The molecule has 9 heteroatoms. The average molecular weight is 338 g/mol. The zero-order chi connectivity index (χ0) is 16.6. The molecule has 1 aliphatic heterocycles. The monoisotopic (exact) mass is 337 g/mol. The van der Waals surface area contributed by atoms with Gasteiger partial charge in [-0.25, -0.2) is 4.98 Å². The summed E-state index contributed by atoms with van der Waals surface area (Å²) < 4.78 is 13.1. The summed E-state index contributed by atoms with van der Waals surface area (Å²) in [7, 11) is 1.61. The van der Waals surface area contributed by atoms with Crippen LogP contribution in [0.1, 0.15) is 11.6 Å². The van der Waals surface area contributed by atoms with E-state index >= 15 is 0 Å². The second kappa shape index (κ2) is 5.96. The first-order chi connectivity index (χ1) is 11.0. The summed E-state index contributed by atoms with van der Waals surface area (Å²) in [5.74, 6) is -2.90. The van der Waals surface area contributed by atoms with Gasteiger partial charge in [-0.05, 0) is 18.2 Å². The van der Waals surface area contributed by atoms with E-state index in [1.54, 1.807) is 13.1 Å². The molecule has 0 radical (unpaired) electrons. The Morgan fingerprint density at radius 2 is 2.30 bits per heavy atom. The van der Waals surface area contributed by atoms with Crippen LogP contribution in [0.3, 0.4) is 0 Å². The number of H-pyrrole nitrogens is 1. The van der Waals surface area contributed by atoms with Crippen LogP contribution in [0.5, 0.6) is 0 Å². The van der Waals surface area contributed by atoms with Gasteiger partial charge in [0.15, 0.2) is 5.15 Å². The largest absolute Gasteiger partial charge is 0.344 e. The Kier molecular flexibility index (Phi) is 3.99. The zero-order valence-corrected chi connectivity index (χ0v) is 12.8. The Morgan fingerprint density at radius 1 is 1.52 bits per heavy atom. The fourth-order valence-electron chi connectivity index (χ4n) is 2.66. The van der Waals surface area contributed by atoms with Gasteiger partial charge in [-0.15, -0.1) is 0 Å². The lowest BCUT2D eigenvalue weighted by atomic mass is 9.91. The predicted molar refractivity (Wildman–Crippen MR) is 80.3 cm³/mol. The highest BCUT2D eigenvalue weighted by molar-refractivity contribution is 6.29. The van der Waals surface area contributed by atoms with Crippen LogP contribution in [-0.2, 0) is 9.59 Å². The molecule has 7 nitrogen and oxygen atoms in total. The Balaban J connectivity index is 1.85. The molecule has 0 aromatic carbocycles. The number of rotatable bonds is 3. The molecular weight excluding hydrogens is 325 g/mol. The van der Waals surface area contributed by atoms with E-state index in [0.717, 1.165) is 0 Å². The molecule has 0 aliphatic carbocycles. The number of likely N-dealkylation sites (tertiary alicyclic amines) is 1. The van der Waals surface area contributed by atoms with Crippen LogP contribution in [0.4, 0.5) is 10.2 Å². The van der Waals surface area contributed by atoms with E-state index in [4.69, 9.17) is 11.6 Å². The molecule has 2 amide bonds. The number of carbonyl (C=O) groups excluding carboxylic acids is 2. The molecule has 0 saturated carbocycles. The van der Waals surface area contributed by atoms with Crippen molar-refractivity contribution in [1.82, 2.24) is 20.1 Å². The van der Waals surface area contributed by atoms with Crippen molar-refractivity contribution in [3.63, 3.8) is 0 Å². The number of nitrogens with one attached hydrogen (secondary N) is 2. The molecule has 1 saturated heterocycles. The fourth-order valence-corrected chi connectivity index (χ4v) is 2.82. The topological polar surface area (TPSA) is 91.0 Å². The number of halogens is 2. The van der Waals surface area contributed by atoms with Crippen LogP contribution < -0.4 is 5.32 Å². The standard InChI is InChI=1S/C14H13ClFN5O2/c1-21-6-7(8-5-9(15)20-19-8)12(14(21)23)13(22)18-11-4-2-3-10(16)17-11/h2-5,7,12H,6H2,1H3,(H,19,20)(H,17,18,22)/t7-,12+/m1/s1. The highest BCUT2D eigenvalue weighted by Gasteiger charge is 2.45. The van der Waals surface area contributed by atoms with E-state index in [1.165, 1.54) is 23.1 Å². The molecule has 0 bridgehead atoms. The van der Waals surface area contributed by atoms with E-state index in [0.29, 0.717) is 12.2 Å². The zero-order valence-electron chi connectivity index (χ0n) is 12.1. The molecule has 0 spiro atoms. The van der Waals surface area contributed by atoms with Crippen LogP contribution in [-0.4, -0.2) is 45.5 Å². The van der Waals surface area contributed by atoms with Crippen molar-refractivity contribution in [2.45, 2.75) is 5.92 Å². The molecule has 0 unspecified atom stereocenters. The second-order valence-corrected chi connectivity index (χ2v) is 5.67. The van der Waals surface area contributed by atoms with Crippen molar-refractivity contribution in [3.8, 4) is 0 Å². The first-order valence-electron chi connectivity index (χ1n) is 6.85. The lowest BCUT2D eigenvalue weighted by molar-refractivity contribution is -0.135. The number of anilines is 1. The minimum Gasteiger partial charge on any atom is -0.344 e. The molecule has 1 fully saturated rings. The predicted octanol–water partition coefficient (Wildman–Crippen LogP) is 1.41. The van der Waals surface area contributed by atoms with Crippen molar-refractivity contribution in [1.29, 1.82) is 0 Å². The molecule has 2 aromatic rings. The van der Waals surface area contributed by atoms with Gasteiger partial charge in [-0.1, -0.05) is 17.7 Å². The van der Waals surface area contributed by atoms with Gasteiger partial charge in [-0.3, -0.25) is 14.7 Å². The Hall–Kier alpha value is -2.48. The SMILES string of the molecule is CN1C[C@H](c2cc(Cl)n[nH]2)[C@@H](C(=O)Nc2cccc(F)n2)C1=O. The third-order valence-electron chi connectivity index (χ3n) is 3.73. The van der Waals surface area contributed by atoms with Gasteiger partial charge in [0.1, 0.15) is 11.7 Å². The molecule has 2 N–H and O–H groups in total. The molecular formula is C14H13ClFN5O2. The number of amides is 2. The maximum absolute atomic E-state index is 13.1. The van der Waals surface area contributed by atoms with Crippen molar-refractivity contribution in [2.24, 2.45) is 5.92 Å². The summed E-state index contributed by atoms with van der Waals surface area (Å²) >= 11 is 5.79. The maximum Gasteiger partial charge on any atom is 0.238 e. The summed E-state index contributed by atoms with van der Waals surface area (Å²) in [6, 6.07) is 5.62. The number of nitrogens with zero attached hydrogens (tertiary/aromatic N) is 3. The smallest absolute Gasteiger partial charge is 0.238 e. The number of hydrogen-bond acceptors (Lipinski definition) is 4. The van der Waals surface area contributed by atoms with Crippen LogP contribution in [0.2, 0.25) is 5.15 Å². The number of aromatic amines is 1. The third kappa shape index (κ3) is 3.02. The average Bonchev–Trinajstić information content (AvgIpc) is 3.04. The lowest BCUT2D eigenvalue weighted by Crippen LogP contribution is -2.33. The molecule has 1 aliphatic rings. The van der Waals surface area contributed by atoms with E-state index in [9.17, 15) is 14.0 Å². The summed E-state index contributed by atoms with van der Waals surface area (Å²) in [4.78, 5) is 29.8. The van der Waals surface area contributed by atoms with Gasteiger partial charge in [0, 0.05) is 25.2 Å². The van der Waals surface area contributed by atoms with E-state index < -0.39 is 23.7 Å². The Labute approximate surface area is 135 Å². The molecule has 2 atom stereocenters. The van der Waals surface area contributed by atoms with Crippen molar-refractivity contribution >= 4 is 29.2 Å². The van der Waals surface area contributed by atoms with Gasteiger partial charge in [0.05, 0.1) is 0 Å². The molecule has 23 heavy (non-hydrogen) atoms. The molecule has 120 valence electrons. The highest BCUT2D eigenvalue weighted by Crippen LogP contribution is 2.33. The maximum atomic E-state index is 13.1. The molecule has 3 heterocycles. The lowest BCUT2D eigenvalue weighted by Gasteiger charge is -2.14. The Morgan fingerprint density at radius 3 is 2.96 bits per heavy atom. The van der Waals surface area contributed by atoms with Crippen LogP contribution in [0.15, 0.2) is 24.3 Å². The Bertz CT molecular complexity index is 765. The normalized spacial score (nSPS) is 20.8. The first-order valence-corrected chi connectivity index (χ1v) is 7.22. The second-order valence-electron chi connectivity index (χ2n) is 5.28.